The van der Waals surface area contributed by atoms with Crippen molar-refractivity contribution >= 4 is 0 Å². The molecule has 0 spiro atoms. The van der Waals surface area contributed by atoms with E-state index in [-0.39, 0.29) is 0 Å². The van der Waals surface area contributed by atoms with Crippen LogP contribution in [0.3, 0.4) is 0 Å². The molecule has 112 valence electrons. The summed E-state index contributed by atoms with van der Waals surface area (Å²) >= 11 is 0. The Kier molecular flexibility index (Phi) is 4.59. The summed E-state index contributed by atoms with van der Waals surface area (Å²) in [7, 11) is 2.14. The third-order valence-electron chi connectivity index (χ3n) is 6.04. The smallest absolute Gasteiger partial charge is 0.0354 e. The molecule has 1 aliphatic carbocycles. The predicted octanol–water partition coefficient (Wildman–Crippen LogP) is 4.93. The maximum atomic E-state index is 3.65. The highest BCUT2D eigenvalue weighted by Gasteiger charge is 2.33. The Hall–Kier alpha value is -0.820. The minimum Gasteiger partial charge on any atom is -0.313 e. The van der Waals surface area contributed by atoms with Crippen molar-refractivity contribution in [1.82, 2.24) is 5.32 Å². The highest BCUT2D eigenvalue weighted by molar-refractivity contribution is 5.51. The molecular weight excluding hydrogens is 242 g/mol. The van der Waals surface area contributed by atoms with Crippen molar-refractivity contribution in [1.29, 1.82) is 0 Å². The molecule has 20 heavy (non-hydrogen) atoms. The SMILES string of the molecule is CNC(c1c(C)c(C)c(C)c(C)c1C)C1CCCC1C. The predicted molar refractivity (Wildman–Crippen MR) is 88.4 cm³/mol. The Morgan fingerprint density at radius 2 is 1.35 bits per heavy atom. The Morgan fingerprint density at radius 3 is 1.75 bits per heavy atom. The summed E-state index contributed by atoms with van der Waals surface area (Å²) in [6.07, 6.45) is 4.16. The lowest BCUT2D eigenvalue weighted by Gasteiger charge is -2.32. The summed E-state index contributed by atoms with van der Waals surface area (Å²) in [5.74, 6) is 1.63. The fourth-order valence-electron chi connectivity index (χ4n) is 4.24. The fraction of sp³-hybridized carbons (Fsp3) is 0.684. The lowest BCUT2D eigenvalue weighted by Crippen LogP contribution is -2.29. The third kappa shape index (κ3) is 2.41. The summed E-state index contributed by atoms with van der Waals surface area (Å²) in [4.78, 5) is 0. The molecule has 0 bridgehead atoms. The summed E-state index contributed by atoms with van der Waals surface area (Å²) < 4.78 is 0. The van der Waals surface area contributed by atoms with Crippen molar-refractivity contribution in [2.75, 3.05) is 7.05 Å². The molecule has 0 radical (unpaired) electrons. The number of benzene rings is 1. The lowest BCUT2D eigenvalue weighted by atomic mass is 9.79. The van der Waals surface area contributed by atoms with Gasteiger partial charge in [0.1, 0.15) is 0 Å². The highest BCUT2D eigenvalue weighted by atomic mass is 14.9. The van der Waals surface area contributed by atoms with Gasteiger partial charge in [-0.1, -0.05) is 19.8 Å². The molecule has 2 rings (SSSR count). The van der Waals surface area contributed by atoms with Crippen LogP contribution in [-0.2, 0) is 0 Å². The molecule has 1 nitrogen and oxygen atoms in total. The zero-order chi connectivity index (χ0) is 15.0. The van der Waals surface area contributed by atoms with Crippen molar-refractivity contribution in [3.8, 4) is 0 Å². The topological polar surface area (TPSA) is 12.0 Å². The van der Waals surface area contributed by atoms with E-state index in [1.54, 1.807) is 5.56 Å². The second kappa shape index (κ2) is 5.89. The molecule has 1 aromatic rings. The summed E-state index contributed by atoms with van der Waals surface area (Å²) in [5.41, 5.74) is 9.01. The highest BCUT2D eigenvalue weighted by Crippen LogP contribution is 2.43. The largest absolute Gasteiger partial charge is 0.313 e. The van der Waals surface area contributed by atoms with Crippen LogP contribution in [0, 0.1) is 46.5 Å². The van der Waals surface area contributed by atoms with Gasteiger partial charge < -0.3 is 5.32 Å². The van der Waals surface area contributed by atoms with Crippen molar-refractivity contribution in [2.45, 2.75) is 66.8 Å². The molecule has 0 aromatic heterocycles. The molecule has 0 aliphatic heterocycles. The van der Waals surface area contributed by atoms with Gasteiger partial charge in [0.15, 0.2) is 0 Å². The standard InChI is InChI=1S/C19H31N/c1-11-9-8-10-17(11)19(20-7)18-15(5)13(3)12(2)14(4)16(18)6/h11,17,19-20H,8-10H2,1-7H3. The second-order valence-electron chi connectivity index (χ2n) is 6.88. The Morgan fingerprint density at radius 1 is 0.850 bits per heavy atom. The second-order valence-corrected chi connectivity index (χ2v) is 6.88. The molecule has 1 N–H and O–H groups in total. The van der Waals surface area contributed by atoms with E-state index in [9.17, 15) is 0 Å². The van der Waals surface area contributed by atoms with E-state index in [1.165, 1.54) is 47.1 Å². The molecule has 1 heteroatoms. The van der Waals surface area contributed by atoms with Crippen LogP contribution in [0.2, 0.25) is 0 Å². The molecular formula is C19H31N. The summed E-state index contributed by atoms with van der Waals surface area (Å²) in [5, 5.41) is 3.65. The Bertz CT molecular complexity index is 472. The van der Waals surface area contributed by atoms with Crippen LogP contribution >= 0.6 is 0 Å². The van der Waals surface area contributed by atoms with Gasteiger partial charge in [0.2, 0.25) is 0 Å². The van der Waals surface area contributed by atoms with Gasteiger partial charge in [-0.2, -0.15) is 0 Å². The van der Waals surface area contributed by atoms with Crippen molar-refractivity contribution in [3.05, 3.63) is 33.4 Å². The molecule has 3 atom stereocenters. The first-order valence-corrected chi connectivity index (χ1v) is 8.14. The van der Waals surface area contributed by atoms with E-state index < -0.39 is 0 Å². The molecule has 0 saturated heterocycles. The molecule has 1 fully saturated rings. The van der Waals surface area contributed by atoms with Gasteiger partial charge in [-0.25, -0.2) is 0 Å². The van der Waals surface area contributed by atoms with Crippen molar-refractivity contribution in [2.24, 2.45) is 11.8 Å². The van der Waals surface area contributed by atoms with Crippen LogP contribution in [0.15, 0.2) is 0 Å². The third-order valence-corrected chi connectivity index (χ3v) is 6.04. The maximum absolute atomic E-state index is 3.65. The van der Waals surface area contributed by atoms with Crippen molar-refractivity contribution < 1.29 is 0 Å². The van der Waals surface area contributed by atoms with E-state index in [0.29, 0.717) is 6.04 Å². The summed E-state index contributed by atoms with van der Waals surface area (Å²) in [6.45, 7) is 13.9. The van der Waals surface area contributed by atoms with E-state index >= 15 is 0 Å². The first kappa shape index (κ1) is 15.6. The molecule has 1 aromatic carbocycles. The lowest BCUT2D eigenvalue weighted by molar-refractivity contribution is 0.313. The normalized spacial score (nSPS) is 24.1. The van der Waals surface area contributed by atoms with Gasteiger partial charge in [-0.05, 0) is 93.3 Å². The Balaban J connectivity index is 2.55. The monoisotopic (exact) mass is 273 g/mol. The minimum atomic E-state index is 0.519. The van der Waals surface area contributed by atoms with Gasteiger partial charge in [-0.15, -0.1) is 0 Å². The van der Waals surface area contributed by atoms with Crippen LogP contribution in [0.1, 0.15) is 65.6 Å². The molecule has 1 aliphatic rings. The Labute approximate surface area is 125 Å². The fourth-order valence-corrected chi connectivity index (χ4v) is 4.24. The number of nitrogens with one attached hydrogen (secondary N) is 1. The number of hydrogen-bond acceptors (Lipinski definition) is 1. The molecule has 3 unspecified atom stereocenters. The first-order chi connectivity index (χ1) is 9.40. The van der Waals surface area contributed by atoms with Gasteiger partial charge in [-0.3, -0.25) is 0 Å². The number of rotatable bonds is 3. The van der Waals surface area contributed by atoms with Crippen LogP contribution in [0.25, 0.3) is 0 Å². The van der Waals surface area contributed by atoms with Crippen LogP contribution in [0.5, 0.6) is 0 Å². The average molecular weight is 273 g/mol. The van der Waals surface area contributed by atoms with Crippen LogP contribution in [0.4, 0.5) is 0 Å². The average Bonchev–Trinajstić information content (AvgIpc) is 2.85. The molecule has 0 amide bonds. The van der Waals surface area contributed by atoms with Crippen molar-refractivity contribution in [3.63, 3.8) is 0 Å². The number of hydrogen-bond donors (Lipinski definition) is 1. The van der Waals surface area contributed by atoms with Crippen LogP contribution in [-0.4, -0.2) is 7.05 Å². The zero-order valence-electron chi connectivity index (χ0n) is 14.4. The van der Waals surface area contributed by atoms with Gasteiger partial charge in [0.05, 0.1) is 0 Å². The minimum absolute atomic E-state index is 0.519. The van der Waals surface area contributed by atoms with E-state index in [0.717, 1.165) is 11.8 Å². The van der Waals surface area contributed by atoms with E-state index in [1.807, 2.05) is 0 Å². The van der Waals surface area contributed by atoms with E-state index in [4.69, 9.17) is 0 Å². The van der Waals surface area contributed by atoms with E-state index in [2.05, 4.69) is 53.9 Å². The molecule has 0 heterocycles. The quantitative estimate of drug-likeness (QED) is 0.823. The van der Waals surface area contributed by atoms with Crippen LogP contribution < -0.4 is 5.32 Å². The maximum Gasteiger partial charge on any atom is 0.0354 e. The van der Waals surface area contributed by atoms with Gasteiger partial charge >= 0.3 is 0 Å². The molecule has 1 saturated carbocycles. The van der Waals surface area contributed by atoms with Gasteiger partial charge in [0.25, 0.3) is 0 Å². The summed E-state index contributed by atoms with van der Waals surface area (Å²) in [6, 6.07) is 0.519. The zero-order valence-corrected chi connectivity index (χ0v) is 14.4. The van der Waals surface area contributed by atoms with Gasteiger partial charge in [0, 0.05) is 6.04 Å². The first-order valence-electron chi connectivity index (χ1n) is 8.14.